The first kappa shape index (κ1) is 16.5. The molecule has 0 aliphatic carbocycles. The smallest absolute Gasteiger partial charge is 0.275 e. The number of nitrogens with zero attached hydrogens (tertiary/aromatic N) is 3. The van der Waals surface area contributed by atoms with Crippen molar-refractivity contribution in [1.82, 2.24) is 14.1 Å². The molecule has 0 fully saturated rings. The van der Waals surface area contributed by atoms with E-state index in [-0.39, 0.29) is 6.54 Å². The maximum Gasteiger partial charge on any atom is 0.416 e. The van der Waals surface area contributed by atoms with Crippen molar-refractivity contribution in [2.45, 2.75) is 17.6 Å². The Balaban J connectivity index is 2.30. The van der Waals surface area contributed by atoms with Gasteiger partial charge in [0.2, 0.25) is 10.0 Å². The third kappa shape index (κ3) is 3.47. The van der Waals surface area contributed by atoms with E-state index in [9.17, 15) is 21.6 Å². The van der Waals surface area contributed by atoms with Crippen LogP contribution in [0.15, 0.2) is 41.6 Å². The predicted octanol–water partition coefficient (Wildman–Crippen LogP) is 2.26. The summed E-state index contributed by atoms with van der Waals surface area (Å²) in [6.45, 7) is 0.0203. The second kappa shape index (κ2) is 5.73. The molecule has 0 saturated heterocycles. The Morgan fingerprint density at radius 3 is 2.55 bits per heavy atom. The summed E-state index contributed by atoms with van der Waals surface area (Å²) in [6.07, 6.45) is -1.45. The normalized spacial score (nSPS) is 12.8. The molecule has 0 aliphatic heterocycles. The predicted molar refractivity (Wildman–Crippen MR) is 73.3 cm³/mol. The van der Waals surface area contributed by atoms with Crippen molar-refractivity contribution in [2.24, 2.45) is 7.05 Å². The van der Waals surface area contributed by atoms with Crippen molar-refractivity contribution in [1.29, 1.82) is 0 Å². The van der Waals surface area contributed by atoms with Crippen molar-refractivity contribution in [2.75, 3.05) is 7.05 Å². The fourth-order valence-corrected chi connectivity index (χ4v) is 3.11. The van der Waals surface area contributed by atoms with E-state index >= 15 is 0 Å². The summed E-state index contributed by atoms with van der Waals surface area (Å²) in [5.41, 5.74) is -0.357. The van der Waals surface area contributed by atoms with Crippen LogP contribution in [0.5, 0.6) is 0 Å². The number of rotatable bonds is 4. The van der Waals surface area contributed by atoms with Crippen LogP contribution in [0, 0.1) is 0 Å². The number of alkyl halides is 3. The molecular formula is C13H14F3N3O2S. The van der Waals surface area contributed by atoms with E-state index in [0.29, 0.717) is 11.6 Å². The maximum absolute atomic E-state index is 12.7. The summed E-state index contributed by atoms with van der Waals surface area (Å²) in [5, 5.41) is 3.92. The van der Waals surface area contributed by atoms with Gasteiger partial charge < -0.3 is 0 Å². The summed E-state index contributed by atoms with van der Waals surface area (Å²) in [4.78, 5) is -0.395. The minimum absolute atomic E-state index is 0.0203. The van der Waals surface area contributed by atoms with E-state index in [0.717, 1.165) is 22.5 Å². The number of hydrogen-bond donors (Lipinski definition) is 0. The molecule has 0 atom stereocenters. The van der Waals surface area contributed by atoms with Gasteiger partial charge in [0.1, 0.15) is 0 Å². The average molecular weight is 333 g/mol. The van der Waals surface area contributed by atoms with Gasteiger partial charge in [-0.1, -0.05) is 6.07 Å². The van der Waals surface area contributed by atoms with Gasteiger partial charge in [-0.15, -0.1) is 0 Å². The van der Waals surface area contributed by atoms with Gasteiger partial charge in [0.25, 0.3) is 0 Å². The van der Waals surface area contributed by atoms with Gasteiger partial charge in [-0.05, 0) is 18.2 Å². The third-order valence-corrected chi connectivity index (χ3v) is 4.83. The van der Waals surface area contributed by atoms with E-state index in [1.165, 1.54) is 17.9 Å². The number of sulfonamides is 1. The minimum Gasteiger partial charge on any atom is -0.275 e. The van der Waals surface area contributed by atoms with E-state index in [1.807, 2.05) is 0 Å². The first-order valence-electron chi connectivity index (χ1n) is 6.22. The molecule has 120 valence electrons. The SMILES string of the molecule is CN(Cc1cnn(C)c1)S(=O)(=O)c1cccc(C(F)(F)F)c1. The van der Waals surface area contributed by atoms with E-state index in [4.69, 9.17) is 0 Å². The third-order valence-electron chi connectivity index (χ3n) is 3.03. The summed E-state index contributed by atoms with van der Waals surface area (Å²) in [6, 6.07) is 3.69. The Morgan fingerprint density at radius 2 is 2.00 bits per heavy atom. The zero-order chi connectivity index (χ0) is 16.5. The highest BCUT2D eigenvalue weighted by Gasteiger charge is 2.32. The lowest BCUT2D eigenvalue weighted by Gasteiger charge is -2.17. The van der Waals surface area contributed by atoms with Crippen LogP contribution in [0.25, 0.3) is 0 Å². The van der Waals surface area contributed by atoms with Crippen molar-refractivity contribution >= 4 is 10.0 Å². The topological polar surface area (TPSA) is 55.2 Å². The highest BCUT2D eigenvalue weighted by molar-refractivity contribution is 7.89. The quantitative estimate of drug-likeness (QED) is 0.862. The molecule has 1 aromatic heterocycles. The largest absolute Gasteiger partial charge is 0.416 e. The number of hydrogen-bond acceptors (Lipinski definition) is 3. The fourth-order valence-electron chi connectivity index (χ4n) is 1.91. The van der Waals surface area contributed by atoms with E-state index in [1.54, 1.807) is 13.2 Å². The molecule has 0 radical (unpaired) electrons. The van der Waals surface area contributed by atoms with Crippen LogP contribution in [0.2, 0.25) is 0 Å². The fraction of sp³-hybridized carbons (Fsp3) is 0.308. The molecule has 0 saturated carbocycles. The molecule has 0 unspecified atom stereocenters. The van der Waals surface area contributed by atoms with Crippen molar-refractivity contribution in [3.05, 3.63) is 47.8 Å². The first-order chi connectivity index (χ1) is 10.1. The molecule has 0 spiro atoms. The van der Waals surface area contributed by atoms with Crippen molar-refractivity contribution in [3.8, 4) is 0 Å². The monoisotopic (exact) mass is 333 g/mol. The molecular weight excluding hydrogens is 319 g/mol. The second-order valence-corrected chi connectivity index (χ2v) is 6.85. The molecule has 1 heterocycles. The molecule has 22 heavy (non-hydrogen) atoms. The summed E-state index contributed by atoms with van der Waals surface area (Å²) >= 11 is 0. The molecule has 9 heteroatoms. The highest BCUT2D eigenvalue weighted by atomic mass is 32.2. The van der Waals surface area contributed by atoms with Crippen molar-refractivity contribution < 1.29 is 21.6 Å². The van der Waals surface area contributed by atoms with Crippen LogP contribution >= 0.6 is 0 Å². The first-order valence-corrected chi connectivity index (χ1v) is 7.66. The van der Waals surface area contributed by atoms with Gasteiger partial charge in [-0.2, -0.15) is 22.6 Å². The molecule has 2 aromatic rings. The highest BCUT2D eigenvalue weighted by Crippen LogP contribution is 2.31. The number of halogens is 3. The van der Waals surface area contributed by atoms with Crippen molar-refractivity contribution in [3.63, 3.8) is 0 Å². The Kier molecular flexibility index (Phi) is 4.30. The summed E-state index contributed by atoms with van der Waals surface area (Å²) < 4.78 is 65.3. The maximum atomic E-state index is 12.7. The second-order valence-electron chi connectivity index (χ2n) is 4.81. The Bertz CT molecular complexity index is 769. The Labute approximate surface area is 126 Å². The molecule has 0 aliphatic rings. The molecule has 5 nitrogen and oxygen atoms in total. The van der Waals surface area contributed by atoms with Gasteiger partial charge in [-0.3, -0.25) is 4.68 Å². The van der Waals surface area contributed by atoms with Crippen LogP contribution < -0.4 is 0 Å². The molecule has 1 aromatic carbocycles. The van der Waals surface area contributed by atoms with Crippen LogP contribution in [0.4, 0.5) is 13.2 Å². The Morgan fingerprint density at radius 1 is 1.32 bits per heavy atom. The zero-order valence-corrected chi connectivity index (χ0v) is 12.7. The standard InChI is InChI=1S/C13H14F3N3O2S/c1-18-8-10(7-17-18)9-19(2)22(20,21)12-5-3-4-11(6-12)13(14,15)16/h3-8H,9H2,1-2H3. The summed E-state index contributed by atoms with van der Waals surface area (Å²) in [7, 11) is -1.02. The lowest BCUT2D eigenvalue weighted by Crippen LogP contribution is -2.26. The van der Waals surface area contributed by atoms with Crippen LogP contribution in [-0.4, -0.2) is 29.6 Å². The zero-order valence-electron chi connectivity index (χ0n) is 11.9. The molecule has 0 amide bonds. The van der Waals surface area contributed by atoms with Crippen LogP contribution in [-0.2, 0) is 29.8 Å². The lowest BCUT2D eigenvalue weighted by molar-refractivity contribution is -0.137. The lowest BCUT2D eigenvalue weighted by atomic mass is 10.2. The number of aromatic nitrogens is 2. The van der Waals surface area contributed by atoms with Crippen LogP contribution in [0.3, 0.4) is 0 Å². The van der Waals surface area contributed by atoms with Gasteiger partial charge in [0.05, 0.1) is 16.7 Å². The van der Waals surface area contributed by atoms with Crippen LogP contribution in [0.1, 0.15) is 11.1 Å². The molecule has 2 rings (SSSR count). The van der Waals surface area contributed by atoms with Gasteiger partial charge >= 0.3 is 6.18 Å². The van der Waals surface area contributed by atoms with E-state index < -0.39 is 26.7 Å². The minimum atomic E-state index is -4.59. The number of benzene rings is 1. The Hall–Kier alpha value is -1.87. The number of aryl methyl sites for hydroxylation is 1. The van der Waals surface area contributed by atoms with Gasteiger partial charge in [0, 0.05) is 32.4 Å². The molecule has 0 N–H and O–H groups in total. The molecule has 0 bridgehead atoms. The van der Waals surface area contributed by atoms with Gasteiger partial charge in [-0.25, -0.2) is 8.42 Å². The van der Waals surface area contributed by atoms with E-state index in [2.05, 4.69) is 5.10 Å². The summed E-state index contributed by atoms with van der Waals surface area (Å²) in [5.74, 6) is 0. The average Bonchev–Trinajstić information content (AvgIpc) is 2.83. The van der Waals surface area contributed by atoms with Gasteiger partial charge in [0.15, 0.2) is 0 Å².